The number of rotatable bonds is 5. The van der Waals surface area contributed by atoms with Gasteiger partial charge in [0.25, 0.3) is 0 Å². The molecule has 0 radical (unpaired) electrons. The molecule has 106 valence electrons. The predicted molar refractivity (Wildman–Crippen MR) is 77.6 cm³/mol. The van der Waals surface area contributed by atoms with Crippen LogP contribution in [0.15, 0.2) is 23.2 Å². The van der Waals surface area contributed by atoms with Crippen molar-refractivity contribution < 1.29 is 8.42 Å². The van der Waals surface area contributed by atoms with Gasteiger partial charge in [0.15, 0.2) is 0 Å². The molecule has 0 bridgehead atoms. The average Bonchev–Trinajstić information content (AvgIpc) is 2.40. The van der Waals surface area contributed by atoms with Gasteiger partial charge in [-0.15, -0.1) is 0 Å². The van der Waals surface area contributed by atoms with Crippen molar-refractivity contribution in [2.24, 2.45) is 0 Å². The first kappa shape index (κ1) is 14.6. The van der Waals surface area contributed by atoms with Crippen molar-refractivity contribution in [1.82, 2.24) is 14.6 Å². The van der Waals surface area contributed by atoms with Crippen molar-refractivity contribution in [3.05, 3.63) is 18.3 Å². The van der Waals surface area contributed by atoms with Gasteiger partial charge in [0.2, 0.25) is 10.0 Å². The lowest BCUT2D eigenvalue weighted by Crippen LogP contribution is -2.39. The van der Waals surface area contributed by atoms with Crippen LogP contribution in [0.3, 0.4) is 0 Å². The molecule has 0 aromatic carbocycles. The lowest BCUT2D eigenvalue weighted by Gasteiger charge is -2.25. The molecule has 6 nitrogen and oxygen atoms in total. The highest BCUT2D eigenvalue weighted by molar-refractivity contribution is 7.99. The first-order chi connectivity index (χ1) is 9.08. The van der Waals surface area contributed by atoms with Crippen LogP contribution in [-0.4, -0.2) is 56.0 Å². The standard InChI is InChI=1S/C11H18N4O2S2/c12-11-9-10(1-2-13-11)19(16,17)14-3-4-15-5-7-18-8-6-15/h1-2,9,14H,3-8H2,(H2,12,13). The zero-order chi connectivity index (χ0) is 13.7. The lowest BCUT2D eigenvalue weighted by molar-refractivity contribution is 0.307. The lowest BCUT2D eigenvalue weighted by atomic mass is 10.5. The number of hydrogen-bond donors (Lipinski definition) is 2. The number of hydrogen-bond acceptors (Lipinski definition) is 6. The fraction of sp³-hybridized carbons (Fsp3) is 0.545. The molecule has 2 rings (SSSR count). The number of nitrogens with one attached hydrogen (secondary N) is 1. The quantitative estimate of drug-likeness (QED) is 0.795. The summed E-state index contributed by atoms with van der Waals surface area (Å²) in [5.74, 6) is 2.44. The second kappa shape index (κ2) is 6.56. The normalized spacial score (nSPS) is 17.5. The maximum Gasteiger partial charge on any atom is 0.240 e. The molecular formula is C11H18N4O2S2. The van der Waals surface area contributed by atoms with Crippen LogP contribution in [0.1, 0.15) is 0 Å². The molecule has 0 saturated carbocycles. The van der Waals surface area contributed by atoms with E-state index in [-0.39, 0.29) is 10.7 Å². The summed E-state index contributed by atoms with van der Waals surface area (Å²) in [5, 5.41) is 0. The van der Waals surface area contributed by atoms with Gasteiger partial charge in [-0.2, -0.15) is 11.8 Å². The minimum absolute atomic E-state index is 0.161. The number of nitrogens with two attached hydrogens (primary N) is 1. The van der Waals surface area contributed by atoms with Gasteiger partial charge in [-0.25, -0.2) is 18.1 Å². The van der Waals surface area contributed by atoms with Crippen LogP contribution in [0.25, 0.3) is 0 Å². The summed E-state index contributed by atoms with van der Waals surface area (Å²) >= 11 is 1.93. The van der Waals surface area contributed by atoms with E-state index in [9.17, 15) is 8.42 Å². The van der Waals surface area contributed by atoms with Crippen molar-refractivity contribution >= 4 is 27.6 Å². The summed E-state index contributed by atoms with van der Waals surface area (Å²) in [6.45, 7) is 3.19. The molecular weight excluding hydrogens is 284 g/mol. The second-order valence-electron chi connectivity index (χ2n) is 4.27. The molecule has 1 aromatic heterocycles. The number of aromatic nitrogens is 1. The third-order valence-corrected chi connectivity index (χ3v) is 5.29. The molecule has 1 aliphatic rings. The first-order valence-corrected chi connectivity index (χ1v) is 8.73. The van der Waals surface area contributed by atoms with E-state index in [1.54, 1.807) is 0 Å². The highest BCUT2D eigenvalue weighted by Gasteiger charge is 2.15. The first-order valence-electron chi connectivity index (χ1n) is 6.09. The van der Waals surface area contributed by atoms with Gasteiger partial charge in [-0.1, -0.05) is 0 Å². The molecule has 8 heteroatoms. The minimum atomic E-state index is -3.49. The van der Waals surface area contributed by atoms with Crippen molar-refractivity contribution in [2.45, 2.75) is 4.90 Å². The maximum absolute atomic E-state index is 12.0. The summed E-state index contributed by atoms with van der Waals surface area (Å²) in [5.41, 5.74) is 5.49. The second-order valence-corrected chi connectivity index (χ2v) is 7.26. The molecule has 1 saturated heterocycles. The number of pyridine rings is 1. The molecule has 2 heterocycles. The van der Waals surface area contributed by atoms with Crippen molar-refractivity contribution in [3.8, 4) is 0 Å². The number of nitrogens with zero attached hydrogens (tertiary/aromatic N) is 2. The van der Waals surface area contributed by atoms with Crippen LogP contribution >= 0.6 is 11.8 Å². The number of anilines is 1. The van der Waals surface area contributed by atoms with Crippen LogP contribution in [0.2, 0.25) is 0 Å². The third-order valence-electron chi connectivity index (χ3n) is 2.89. The topological polar surface area (TPSA) is 88.3 Å². The van der Waals surface area contributed by atoms with E-state index in [1.807, 2.05) is 11.8 Å². The Kier molecular flexibility index (Phi) is 5.03. The van der Waals surface area contributed by atoms with E-state index in [1.165, 1.54) is 18.3 Å². The monoisotopic (exact) mass is 302 g/mol. The molecule has 1 fully saturated rings. The number of sulfonamides is 1. The summed E-state index contributed by atoms with van der Waals surface area (Å²) in [4.78, 5) is 6.21. The van der Waals surface area contributed by atoms with Gasteiger partial charge in [0, 0.05) is 49.9 Å². The molecule has 1 aliphatic heterocycles. The Morgan fingerprint density at radius 3 is 2.84 bits per heavy atom. The van der Waals surface area contributed by atoms with Crippen molar-refractivity contribution in [1.29, 1.82) is 0 Å². The maximum atomic E-state index is 12.0. The Balaban J connectivity index is 1.87. The largest absolute Gasteiger partial charge is 0.384 e. The summed E-state index contributed by atoms with van der Waals surface area (Å²) in [7, 11) is -3.49. The zero-order valence-corrected chi connectivity index (χ0v) is 12.2. The average molecular weight is 302 g/mol. The van der Waals surface area contributed by atoms with E-state index in [0.717, 1.165) is 31.1 Å². The summed E-state index contributed by atoms with van der Waals surface area (Å²) in [6, 6.07) is 2.80. The Morgan fingerprint density at radius 1 is 1.42 bits per heavy atom. The summed E-state index contributed by atoms with van der Waals surface area (Å²) < 4.78 is 26.6. The molecule has 19 heavy (non-hydrogen) atoms. The molecule has 1 aromatic rings. The van der Waals surface area contributed by atoms with E-state index in [2.05, 4.69) is 14.6 Å². The molecule has 3 N–H and O–H groups in total. The van der Waals surface area contributed by atoms with E-state index < -0.39 is 10.0 Å². The third kappa shape index (κ3) is 4.34. The summed E-state index contributed by atoms with van der Waals surface area (Å²) in [6.07, 6.45) is 1.39. The van der Waals surface area contributed by atoms with Crippen LogP contribution < -0.4 is 10.5 Å². The van der Waals surface area contributed by atoms with Crippen LogP contribution in [0, 0.1) is 0 Å². The van der Waals surface area contributed by atoms with E-state index >= 15 is 0 Å². The Bertz CT molecular complexity index is 515. The fourth-order valence-electron chi connectivity index (χ4n) is 1.84. The van der Waals surface area contributed by atoms with Gasteiger partial charge in [-0.3, -0.25) is 0 Å². The van der Waals surface area contributed by atoms with Crippen LogP contribution in [0.5, 0.6) is 0 Å². The fourth-order valence-corrected chi connectivity index (χ4v) is 3.86. The Hall–Kier alpha value is -0.830. The van der Waals surface area contributed by atoms with Gasteiger partial charge in [0.1, 0.15) is 5.82 Å². The Labute approximate surface area is 117 Å². The molecule has 0 amide bonds. The zero-order valence-electron chi connectivity index (χ0n) is 10.6. The van der Waals surface area contributed by atoms with Crippen molar-refractivity contribution in [3.63, 3.8) is 0 Å². The van der Waals surface area contributed by atoms with Gasteiger partial charge >= 0.3 is 0 Å². The molecule has 0 spiro atoms. The predicted octanol–water partition coefficient (Wildman–Crippen LogP) is -0.00910. The van der Waals surface area contributed by atoms with Gasteiger partial charge in [0.05, 0.1) is 4.90 Å². The SMILES string of the molecule is Nc1cc(S(=O)(=O)NCCN2CCSCC2)ccn1. The van der Waals surface area contributed by atoms with Gasteiger partial charge in [-0.05, 0) is 6.07 Å². The highest BCUT2D eigenvalue weighted by Crippen LogP contribution is 2.11. The minimum Gasteiger partial charge on any atom is -0.384 e. The molecule has 0 atom stereocenters. The molecule has 0 aliphatic carbocycles. The van der Waals surface area contributed by atoms with E-state index in [0.29, 0.717) is 6.54 Å². The van der Waals surface area contributed by atoms with Gasteiger partial charge < -0.3 is 10.6 Å². The highest BCUT2D eigenvalue weighted by atomic mass is 32.2. The number of nitrogen functional groups attached to an aromatic ring is 1. The van der Waals surface area contributed by atoms with Crippen LogP contribution in [0.4, 0.5) is 5.82 Å². The van der Waals surface area contributed by atoms with E-state index in [4.69, 9.17) is 5.73 Å². The van der Waals surface area contributed by atoms with Crippen LogP contribution in [-0.2, 0) is 10.0 Å². The van der Waals surface area contributed by atoms with Crippen molar-refractivity contribution in [2.75, 3.05) is 43.4 Å². The smallest absolute Gasteiger partial charge is 0.240 e. The number of thioether (sulfide) groups is 1. The molecule has 0 unspecified atom stereocenters. The Morgan fingerprint density at radius 2 is 2.16 bits per heavy atom.